The van der Waals surface area contributed by atoms with Gasteiger partial charge < -0.3 is 4.98 Å². The van der Waals surface area contributed by atoms with Crippen molar-refractivity contribution in [2.45, 2.75) is 75.6 Å². The van der Waals surface area contributed by atoms with Gasteiger partial charge in [0.05, 0.1) is 5.69 Å². The summed E-state index contributed by atoms with van der Waals surface area (Å²) in [5.41, 5.74) is 11.5. The molecule has 0 unspecified atom stereocenters. The summed E-state index contributed by atoms with van der Waals surface area (Å²) in [6.45, 7) is 13.6. The van der Waals surface area contributed by atoms with Crippen molar-refractivity contribution in [3.05, 3.63) is 108 Å². The lowest BCUT2D eigenvalue weighted by Gasteiger charge is -2.31. The van der Waals surface area contributed by atoms with E-state index in [1.165, 1.54) is 50.0 Å². The summed E-state index contributed by atoms with van der Waals surface area (Å²) in [4.78, 5) is 3.77. The number of alkyl halides is 9. The summed E-state index contributed by atoms with van der Waals surface area (Å²) in [7, 11) is -7.17. The topological polar surface area (TPSA) is 70.2 Å². The van der Waals surface area contributed by atoms with E-state index in [0.717, 1.165) is 5.52 Å². The Morgan fingerprint density at radius 2 is 1.00 bits per heavy atom. The second-order valence-electron chi connectivity index (χ2n) is 14.3. The minimum Gasteiger partial charge on any atom is -0.354 e. The van der Waals surface area contributed by atoms with Crippen molar-refractivity contribution < 1.29 is 52.5 Å². The van der Waals surface area contributed by atoms with Crippen LogP contribution in [0.25, 0.3) is 44.4 Å². The maximum absolute atomic E-state index is 12.2. The largest absolute Gasteiger partial charge is 0.460 e. The Labute approximate surface area is 295 Å². The number of hydrogen-bond donors (Lipinski definition) is 2. The molecule has 14 heteroatoms. The van der Waals surface area contributed by atoms with Crippen LogP contribution in [0.2, 0.25) is 0 Å². The number of halogens is 9. The molecular formula is C38H36F9NO3S. The molecule has 5 rings (SSSR count). The molecule has 4 aromatic carbocycles. The highest BCUT2D eigenvalue weighted by Gasteiger charge is 2.85. The van der Waals surface area contributed by atoms with Crippen LogP contribution < -0.4 is 0 Å². The number of nitrogens with one attached hydrogen (secondary N) is 1. The van der Waals surface area contributed by atoms with Crippen molar-refractivity contribution in [3.63, 3.8) is 0 Å². The number of aromatic nitrogens is 1. The molecule has 0 aliphatic heterocycles. The van der Waals surface area contributed by atoms with Crippen molar-refractivity contribution in [3.8, 4) is 33.5 Å². The van der Waals surface area contributed by atoms with Crippen molar-refractivity contribution in [2.24, 2.45) is 0 Å². The van der Waals surface area contributed by atoms with Crippen LogP contribution in [0.1, 0.15) is 52.7 Å². The smallest absolute Gasteiger partial charge is 0.354 e. The Morgan fingerprint density at radius 1 is 0.538 bits per heavy atom. The van der Waals surface area contributed by atoms with Gasteiger partial charge in [0.25, 0.3) is 0 Å². The molecule has 0 aliphatic carbocycles. The molecule has 1 heterocycles. The predicted molar refractivity (Wildman–Crippen MR) is 184 cm³/mol. The molecule has 0 bridgehead atoms. The first kappa shape index (κ1) is 40.5. The van der Waals surface area contributed by atoms with Crippen LogP contribution in [0.5, 0.6) is 0 Å². The maximum Gasteiger partial charge on any atom is 0.460 e. The normalized spacial score (nSPS) is 13.5. The van der Waals surface area contributed by atoms with E-state index in [-0.39, 0.29) is 10.8 Å². The molecule has 0 saturated carbocycles. The van der Waals surface area contributed by atoms with Gasteiger partial charge in [0, 0.05) is 16.5 Å². The second-order valence-corrected chi connectivity index (χ2v) is 15.7. The minimum atomic E-state index is -7.37. The van der Waals surface area contributed by atoms with Gasteiger partial charge in [0.2, 0.25) is 0 Å². The summed E-state index contributed by atoms with van der Waals surface area (Å²) in [5.74, 6) is -14.7. The SMILES string of the molecule is CC(C)(C)c1ccc(-c2cccc3[nH]c(-c4ccccc4)c(-c4ccc(C(C)(C)C)cc4)c23)cc1.O=S(=O)(O)C(F)(F)C(F)(F)C(F)(F)C(F)(F)F. The molecule has 0 fully saturated rings. The standard InChI is InChI=1S/C34H35N.C4HF9O3S/c1-33(2,3)26-19-15-23(16-20-26)28-13-10-14-29-31(28)30(32(35-29)25-11-8-7-9-12-25)24-17-21-27(22-18-24)34(4,5)6;5-1(6,3(9,10)11)2(7,8)4(12,13)17(14,15)16/h7-22,35H,1-6H3;(H,14,15,16). The fraction of sp³-hybridized carbons (Fsp3) is 0.316. The zero-order valence-corrected chi connectivity index (χ0v) is 29.6. The summed E-state index contributed by atoms with van der Waals surface area (Å²) in [6, 6.07) is 35.5. The third-order valence-corrected chi connectivity index (χ3v) is 9.33. The molecule has 0 amide bonds. The van der Waals surface area contributed by atoms with Gasteiger partial charge in [0.15, 0.2) is 0 Å². The third-order valence-electron chi connectivity index (χ3n) is 8.43. The van der Waals surface area contributed by atoms with E-state index in [4.69, 9.17) is 4.55 Å². The van der Waals surface area contributed by atoms with E-state index >= 15 is 0 Å². The van der Waals surface area contributed by atoms with Crippen LogP contribution in [0.4, 0.5) is 39.5 Å². The van der Waals surface area contributed by atoms with Gasteiger partial charge in [-0.05, 0) is 50.3 Å². The van der Waals surface area contributed by atoms with Crippen LogP contribution in [-0.2, 0) is 20.9 Å². The van der Waals surface area contributed by atoms with E-state index in [0.29, 0.717) is 0 Å². The Bertz CT molecular complexity index is 2130. The lowest BCUT2D eigenvalue weighted by atomic mass is 9.85. The number of hydrogen-bond acceptors (Lipinski definition) is 2. The molecule has 2 N–H and O–H groups in total. The lowest BCUT2D eigenvalue weighted by molar-refractivity contribution is -0.382. The van der Waals surface area contributed by atoms with Gasteiger partial charge in [-0.2, -0.15) is 47.9 Å². The van der Waals surface area contributed by atoms with Gasteiger partial charge in [-0.1, -0.05) is 133 Å². The van der Waals surface area contributed by atoms with Gasteiger partial charge >= 0.3 is 33.4 Å². The summed E-state index contributed by atoms with van der Waals surface area (Å²) >= 11 is 0. The lowest BCUT2D eigenvalue weighted by Crippen LogP contribution is -2.63. The first-order valence-corrected chi connectivity index (χ1v) is 17.2. The number of rotatable bonds is 6. The number of benzene rings is 4. The van der Waals surface area contributed by atoms with E-state index in [9.17, 15) is 47.9 Å². The monoisotopic (exact) mass is 757 g/mol. The van der Waals surface area contributed by atoms with Crippen molar-refractivity contribution in [1.29, 1.82) is 0 Å². The maximum atomic E-state index is 12.2. The minimum absolute atomic E-state index is 0.126. The molecule has 1 aromatic heterocycles. The molecule has 5 aromatic rings. The number of H-pyrrole nitrogens is 1. The van der Waals surface area contributed by atoms with Crippen LogP contribution >= 0.6 is 0 Å². The van der Waals surface area contributed by atoms with Crippen LogP contribution in [-0.4, -0.2) is 41.2 Å². The molecular weight excluding hydrogens is 721 g/mol. The molecule has 280 valence electrons. The Balaban J connectivity index is 0.000000303. The van der Waals surface area contributed by atoms with Crippen LogP contribution in [0, 0.1) is 0 Å². The first-order chi connectivity index (χ1) is 23.6. The fourth-order valence-electron chi connectivity index (χ4n) is 5.41. The summed E-state index contributed by atoms with van der Waals surface area (Å²) in [5, 5.41) is -5.72. The van der Waals surface area contributed by atoms with Crippen LogP contribution in [0.3, 0.4) is 0 Å². The van der Waals surface area contributed by atoms with Gasteiger partial charge in [-0.15, -0.1) is 0 Å². The number of fused-ring (bicyclic) bond motifs is 1. The van der Waals surface area contributed by atoms with E-state index in [1.54, 1.807) is 0 Å². The molecule has 0 spiro atoms. The molecule has 0 atom stereocenters. The summed E-state index contributed by atoms with van der Waals surface area (Å²) < 4.78 is 134. The van der Waals surface area contributed by atoms with Crippen molar-refractivity contribution in [1.82, 2.24) is 4.98 Å². The van der Waals surface area contributed by atoms with E-state index in [2.05, 4.69) is 144 Å². The second kappa shape index (κ2) is 13.6. The zero-order chi connectivity index (χ0) is 39.3. The molecule has 0 radical (unpaired) electrons. The highest BCUT2D eigenvalue weighted by molar-refractivity contribution is 7.87. The Hall–Kier alpha value is -4.30. The highest BCUT2D eigenvalue weighted by atomic mass is 32.2. The van der Waals surface area contributed by atoms with Gasteiger partial charge in [-0.3, -0.25) is 4.55 Å². The van der Waals surface area contributed by atoms with E-state index < -0.39 is 33.4 Å². The number of aromatic amines is 1. The van der Waals surface area contributed by atoms with Crippen molar-refractivity contribution in [2.75, 3.05) is 0 Å². The molecule has 0 aliphatic rings. The molecule has 0 saturated heterocycles. The average molecular weight is 758 g/mol. The molecule has 52 heavy (non-hydrogen) atoms. The van der Waals surface area contributed by atoms with Crippen molar-refractivity contribution >= 4 is 21.0 Å². The fourth-order valence-corrected chi connectivity index (χ4v) is 5.86. The Morgan fingerprint density at radius 3 is 1.42 bits per heavy atom. The quantitative estimate of drug-likeness (QED) is 0.134. The summed E-state index contributed by atoms with van der Waals surface area (Å²) in [6.07, 6.45) is -7.13. The van der Waals surface area contributed by atoms with Gasteiger partial charge in [-0.25, -0.2) is 0 Å². The third kappa shape index (κ3) is 7.59. The predicted octanol–water partition coefficient (Wildman–Crippen LogP) is 12.1. The molecule has 4 nitrogen and oxygen atoms in total. The first-order valence-electron chi connectivity index (χ1n) is 15.7. The van der Waals surface area contributed by atoms with Gasteiger partial charge in [0.1, 0.15) is 0 Å². The highest BCUT2D eigenvalue weighted by Crippen LogP contribution is 2.54. The Kier molecular flexibility index (Phi) is 10.6. The average Bonchev–Trinajstić information content (AvgIpc) is 3.44. The van der Waals surface area contributed by atoms with Crippen LogP contribution in [0.15, 0.2) is 97.1 Å². The van der Waals surface area contributed by atoms with E-state index in [1.807, 2.05) is 0 Å². The zero-order valence-electron chi connectivity index (χ0n) is 28.8.